The molecule has 72 valence electrons. The molecule has 1 aromatic rings. The van der Waals surface area contributed by atoms with E-state index in [0.29, 0.717) is 0 Å². The Labute approximate surface area is 74.5 Å². The van der Waals surface area contributed by atoms with E-state index in [1.165, 1.54) is 0 Å². The number of hydrogen-bond donors (Lipinski definition) is 0. The van der Waals surface area contributed by atoms with Crippen LogP contribution < -0.4 is 0 Å². The lowest BCUT2D eigenvalue weighted by atomic mass is 10.2. The topological polar surface area (TPSA) is 38.9 Å². The van der Waals surface area contributed by atoms with Crippen molar-refractivity contribution in [2.75, 3.05) is 0 Å². The predicted octanol–water partition coefficient (Wildman–Crippen LogP) is 2.82. The fourth-order valence-corrected chi connectivity index (χ4v) is 0.688. The number of halogens is 2. The molecule has 0 unspecified atom stereocenters. The summed E-state index contributed by atoms with van der Waals surface area (Å²) in [6.45, 7) is 5.45. The first kappa shape index (κ1) is 9.83. The van der Waals surface area contributed by atoms with Gasteiger partial charge in [0, 0.05) is 5.57 Å². The summed E-state index contributed by atoms with van der Waals surface area (Å²) in [6.07, 6.45) is -2.70. The molecule has 0 bridgehead atoms. The van der Waals surface area contributed by atoms with Gasteiger partial charge >= 0.3 is 6.43 Å². The van der Waals surface area contributed by atoms with Gasteiger partial charge in [-0.25, -0.2) is 0 Å². The van der Waals surface area contributed by atoms with Gasteiger partial charge < -0.3 is 4.42 Å². The zero-order chi connectivity index (χ0) is 10.0. The summed E-state index contributed by atoms with van der Waals surface area (Å²) >= 11 is 0. The molecule has 0 spiro atoms. The summed E-state index contributed by atoms with van der Waals surface area (Å²) in [6, 6.07) is 0. The molecule has 0 saturated heterocycles. The maximum Gasteiger partial charge on any atom is 0.314 e. The van der Waals surface area contributed by atoms with Crippen molar-refractivity contribution < 1.29 is 13.2 Å². The van der Waals surface area contributed by atoms with E-state index in [-0.39, 0.29) is 5.89 Å². The molecule has 0 radical (unpaired) electrons. The van der Waals surface area contributed by atoms with Crippen molar-refractivity contribution in [1.82, 2.24) is 10.2 Å². The van der Waals surface area contributed by atoms with Crippen molar-refractivity contribution in [2.45, 2.75) is 27.2 Å². The average molecular weight is 188 g/mol. The van der Waals surface area contributed by atoms with Gasteiger partial charge in [0.1, 0.15) is 0 Å². The van der Waals surface area contributed by atoms with Crippen LogP contribution in [0.3, 0.4) is 0 Å². The molecule has 0 saturated carbocycles. The van der Waals surface area contributed by atoms with Gasteiger partial charge in [-0.05, 0) is 20.8 Å². The highest BCUT2D eigenvalue weighted by molar-refractivity contribution is 5.58. The second kappa shape index (κ2) is 3.64. The fourth-order valence-electron chi connectivity index (χ4n) is 0.688. The van der Waals surface area contributed by atoms with E-state index < -0.39 is 12.3 Å². The molecular weight excluding hydrogens is 178 g/mol. The zero-order valence-corrected chi connectivity index (χ0v) is 7.64. The molecule has 0 aliphatic heterocycles. The minimum absolute atomic E-state index is 0.162. The molecule has 0 fully saturated rings. The van der Waals surface area contributed by atoms with Crippen LogP contribution in [0.4, 0.5) is 8.78 Å². The molecule has 13 heavy (non-hydrogen) atoms. The SMILES string of the molecule is CC(C)=C(C)c1nnc(C(F)F)o1. The van der Waals surface area contributed by atoms with Crippen LogP contribution in [0.25, 0.3) is 5.57 Å². The predicted molar refractivity (Wildman–Crippen MR) is 43.2 cm³/mol. The molecule has 0 N–H and O–H groups in total. The first-order valence-corrected chi connectivity index (χ1v) is 3.78. The summed E-state index contributed by atoms with van der Waals surface area (Å²) in [5.74, 6) is -0.467. The molecule has 0 atom stereocenters. The Bertz CT molecular complexity index is 327. The van der Waals surface area contributed by atoms with Crippen molar-refractivity contribution in [1.29, 1.82) is 0 Å². The van der Waals surface area contributed by atoms with Crippen molar-refractivity contribution in [3.05, 3.63) is 17.4 Å². The molecule has 1 heterocycles. The van der Waals surface area contributed by atoms with Crippen LogP contribution in [0.1, 0.15) is 39.0 Å². The van der Waals surface area contributed by atoms with E-state index in [9.17, 15) is 8.78 Å². The van der Waals surface area contributed by atoms with Crippen LogP contribution >= 0.6 is 0 Å². The Morgan fingerprint density at radius 3 is 2.23 bits per heavy atom. The van der Waals surface area contributed by atoms with E-state index >= 15 is 0 Å². The van der Waals surface area contributed by atoms with Crippen LogP contribution in [0.5, 0.6) is 0 Å². The highest BCUT2D eigenvalue weighted by atomic mass is 19.3. The molecule has 5 heteroatoms. The summed E-state index contributed by atoms with van der Waals surface area (Å²) in [4.78, 5) is 0. The Hall–Kier alpha value is -1.26. The maximum atomic E-state index is 12.0. The van der Waals surface area contributed by atoms with Crippen molar-refractivity contribution in [3.63, 3.8) is 0 Å². The largest absolute Gasteiger partial charge is 0.415 e. The van der Waals surface area contributed by atoms with Gasteiger partial charge in [-0.3, -0.25) is 0 Å². The molecule has 0 aromatic carbocycles. The quantitative estimate of drug-likeness (QED) is 0.716. The van der Waals surface area contributed by atoms with E-state index in [1.54, 1.807) is 6.92 Å². The van der Waals surface area contributed by atoms with E-state index in [1.807, 2.05) is 13.8 Å². The fraction of sp³-hybridized carbons (Fsp3) is 0.500. The summed E-state index contributed by atoms with van der Waals surface area (Å²) in [7, 11) is 0. The monoisotopic (exact) mass is 188 g/mol. The number of nitrogens with zero attached hydrogens (tertiary/aromatic N) is 2. The van der Waals surface area contributed by atoms with Gasteiger partial charge in [0.2, 0.25) is 5.89 Å². The molecule has 3 nitrogen and oxygen atoms in total. The molecular formula is C8H10F2N2O. The van der Waals surface area contributed by atoms with E-state index in [0.717, 1.165) is 11.1 Å². The third-order valence-electron chi connectivity index (χ3n) is 1.70. The molecule has 1 rings (SSSR count). The standard InChI is InChI=1S/C8H10F2N2O/c1-4(2)5(3)7-11-12-8(13-7)6(9)10/h6H,1-3H3. The minimum Gasteiger partial charge on any atom is -0.415 e. The molecule has 0 aliphatic rings. The second-order valence-electron chi connectivity index (χ2n) is 2.87. The normalized spacial score (nSPS) is 10.6. The highest BCUT2D eigenvalue weighted by Gasteiger charge is 2.16. The molecule has 0 amide bonds. The number of hydrogen-bond acceptors (Lipinski definition) is 3. The van der Waals surface area contributed by atoms with Gasteiger partial charge in [0.05, 0.1) is 0 Å². The van der Waals surface area contributed by atoms with E-state index in [4.69, 9.17) is 4.42 Å². The molecule has 1 aromatic heterocycles. The van der Waals surface area contributed by atoms with E-state index in [2.05, 4.69) is 10.2 Å². The van der Waals surface area contributed by atoms with Gasteiger partial charge in [-0.2, -0.15) is 8.78 Å². The number of allylic oxidation sites excluding steroid dienone is 2. The first-order chi connectivity index (χ1) is 6.02. The van der Waals surface area contributed by atoms with Crippen LogP contribution in [-0.2, 0) is 0 Å². The highest BCUT2D eigenvalue weighted by Crippen LogP contribution is 2.21. The van der Waals surface area contributed by atoms with Crippen molar-refractivity contribution in [2.24, 2.45) is 0 Å². The summed E-state index contributed by atoms with van der Waals surface area (Å²) in [5.41, 5.74) is 1.70. The van der Waals surface area contributed by atoms with Gasteiger partial charge in [-0.15, -0.1) is 10.2 Å². The van der Waals surface area contributed by atoms with Crippen molar-refractivity contribution in [3.8, 4) is 0 Å². The third-order valence-corrected chi connectivity index (χ3v) is 1.70. The number of rotatable bonds is 2. The van der Waals surface area contributed by atoms with Crippen molar-refractivity contribution >= 4 is 5.57 Å². The zero-order valence-electron chi connectivity index (χ0n) is 7.64. The van der Waals surface area contributed by atoms with Gasteiger partial charge in [-0.1, -0.05) is 5.57 Å². The van der Waals surface area contributed by atoms with Crippen LogP contribution in [-0.4, -0.2) is 10.2 Å². The maximum absolute atomic E-state index is 12.0. The Kier molecular flexibility index (Phi) is 2.75. The Morgan fingerprint density at radius 2 is 1.85 bits per heavy atom. The van der Waals surface area contributed by atoms with Crippen LogP contribution in [0.15, 0.2) is 9.99 Å². The smallest absolute Gasteiger partial charge is 0.314 e. The van der Waals surface area contributed by atoms with Gasteiger partial charge in [0.15, 0.2) is 0 Å². The Balaban J connectivity index is 2.99. The Morgan fingerprint density at radius 1 is 1.23 bits per heavy atom. The lowest BCUT2D eigenvalue weighted by Crippen LogP contribution is -1.81. The lowest BCUT2D eigenvalue weighted by Gasteiger charge is -1.95. The number of alkyl halides is 2. The van der Waals surface area contributed by atoms with Crippen LogP contribution in [0.2, 0.25) is 0 Å². The summed E-state index contributed by atoms with van der Waals surface area (Å²) in [5, 5.41) is 6.72. The van der Waals surface area contributed by atoms with Crippen LogP contribution in [0, 0.1) is 0 Å². The number of aromatic nitrogens is 2. The first-order valence-electron chi connectivity index (χ1n) is 3.78. The molecule has 0 aliphatic carbocycles. The lowest BCUT2D eigenvalue weighted by molar-refractivity contribution is 0.114. The second-order valence-corrected chi connectivity index (χ2v) is 2.87. The van der Waals surface area contributed by atoms with Gasteiger partial charge in [0.25, 0.3) is 5.89 Å². The third kappa shape index (κ3) is 2.11. The minimum atomic E-state index is -2.70. The average Bonchev–Trinajstić information content (AvgIpc) is 2.50. The summed E-state index contributed by atoms with van der Waals surface area (Å²) < 4.78 is 28.8.